The van der Waals surface area contributed by atoms with Crippen molar-refractivity contribution >= 4 is 5.97 Å². The van der Waals surface area contributed by atoms with E-state index in [0.29, 0.717) is 18.5 Å². The van der Waals surface area contributed by atoms with Gasteiger partial charge in [-0.05, 0) is 59.8 Å². The van der Waals surface area contributed by atoms with Crippen molar-refractivity contribution in [3.63, 3.8) is 0 Å². The van der Waals surface area contributed by atoms with Crippen LogP contribution in [0.1, 0.15) is 26.7 Å². The number of hydrogen-bond donors (Lipinski definition) is 1. The predicted octanol–water partition coefficient (Wildman–Crippen LogP) is 1.37. The number of carboxylic acids is 1. The minimum atomic E-state index is -0.637. The lowest BCUT2D eigenvalue weighted by Gasteiger charge is -2.37. The maximum Gasteiger partial charge on any atom is 0.308 e. The lowest BCUT2D eigenvalue weighted by atomic mass is 9.83. The van der Waals surface area contributed by atoms with Gasteiger partial charge in [0, 0.05) is 12.6 Å². The molecule has 4 nitrogen and oxygen atoms in total. The van der Waals surface area contributed by atoms with E-state index in [-0.39, 0.29) is 5.92 Å². The first kappa shape index (κ1) is 14.5. The summed E-state index contributed by atoms with van der Waals surface area (Å²) >= 11 is 0. The Morgan fingerprint density at radius 1 is 1.35 bits per heavy atom. The van der Waals surface area contributed by atoms with Crippen LogP contribution in [-0.4, -0.2) is 60.6 Å². The van der Waals surface area contributed by atoms with Crippen molar-refractivity contribution in [3.8, 4) is 0 Å². The highest BCUT2D eigenvalue weighted by atomic mass is 16.4. The minimum absolute atomic E-state index is 0.209. The van der Waals surface area contributed by atoms with Gasteiger partial charge in [-0.25, -0.2) is 0 Å². The Bertz CT molecular complexity index is 246. The molecule has 1 fully saturated rings. The number of likely N-dealkylation sites (tertiary alicyclic amines) is 1. The molecule has 4 heteroatoms. The molecule has 0 saturated carbocycles. The SMILES string of the molecule is CC(C)N1CCC(C(CN(C)C)C(=O)O)CC1. The predicted molar refractivity (Wildman–Crippen MR) is 69.1 cm³/mol. The third-order valence-corrected chi connectivity index (χ3v) is 3.75. The summed E-state index contributed by atoms with van der Waals surface area (Å²) in [7, 11) is 3.89. The summed E-state index contributed by atoms with van der Waals surface area (Å²) in [6, 6.07) is 0.577. The molecular weight excluding hydrogens is 216 g/mol. The minimum Gasteiger partial charge on any atom is -0.481 e. The van der Waals surface area contributed by atoms with Gasteiger partial charge < -0.3 is 14.9 Å². The van der Waals surface area contributed by atoms with E-state index in [1.165, 1.54) is 0 Å². The molecule has 0 spiro atoms. The summed E-state index contributed by atoms with van der Waals surface area (Å²) in [5, 5.41) is 9.31. The van der Waals surface area contributed by atoms with E-state index in [2.05, 4.69) is 18.7 Å². The molecule has 1 atom stereocenters. The topological polar surface area (TPSA) is 43.8 Å². The van der Waals surface area contributed by atoms with E-state index < -0.39 is 5.97 Å². The van der Waals surface area contributed by atoms with Gasteiger partial charge in [0.2, 0.25) is 0 Å². The molecule has 0 aromatic rings. The third kappa shape index (κ3) is 4.28. The van der Waals surface area contributed by atoms with Crippen molar-refractivity contribution in [3.05, 3.63) is 0 Å². The molecule has 17 heavy (non-hydrogen) atoms. The number of nitrogens with zero attached hydrogens (tertiary/aromatic N) is 2. The Kier molecular flexibility index (Phi) is 5.40. The molecule has 1 aliphatic heterocycles. The monoisotopic (exact) mass is 242 g/mol. The highest BCUT2D eigenvalue weighted by Crippen LogP contribution is 2.26. The van der Waals surface area contributed by atoms with Crippen molar-refractivity contribution in [1.82, 2.24) is 9.80 Å². The zero-order chi connectivity index (χ0) is 13.0. The molecule has 1 rings (SSSR count). The van der Waals surface area contributed by atoms with Crippen molar-refractivity contribution in [2.24, 2.45) is 11.8 Å². The largest absolute Gasteiger partial charge is 0.481 e. The third-order valence-electron chi connectivity index (χ3n) is 3.75. The summed E-state index contributed by atoms with van der Waals surface area (Å²) in [5.74, 6) is -0.508. The normalized spacial score (nSPS) is 21.1. The van der Waals surface area contributed by atoms with Crippen LogP contribution in [0.25, 0.3) is 0 Å². The Hall–Kier alpha value is -0.610. The maximum atomic E-state index is 11.3. The van der Waals surface area contributed by atoms with Gasteiger partial charge in [-0.2, -0.15) is 0 Å². The molecule has 0 bridgehead atoms. The van der Waals surface area contributed by atoms with E-state index in [9.17, 15) is 9.90 Å². The average Bonchev–Trinajstić information content (AvgIpc) is 2.25. The van der Waals surface area contributed by atoms with E-state index in [1.807, 2.05) is 19.0 Å². The fourth-order valence-electron chi connectivity index (χ4n) is 2.66. The van der Waals surface area contributed by atoms with Crippen molar-refractivity contribution in [1.29, 1.82) is 0 Å². The second kappa shape index (κ2) is 6.36. The van der Waals surface area contributed by atoms with Gasteiger partial charge in [-0.1, -0.05) is 0 Å². The van der Waals surface area contributed by atoms with Crippen LogP contribution in [0.5, 0.6) is 0 Å². The maximum absolute atomic E-state index is 11.3. The number of carboxylic acid groups (broad SMARTS) is 1. The van der Waals surface area contributed by atoms with Crippen molar-refractivity contribution in [2.45, 2.75) is 32.7 Å². The van der Waals surface area contributed by atoms with Crippen LogP contribution in [0, 0.1) is 11.8 Å². The highest BCUT2D eigenvalue weighted by Gasteiger charge is 2.32. The summed E-state index contributed by atoms with van der Waals surface area (Å²) in [6.45, 7) is 7.14. The average molecular weight is 242 g/mol. The summed E-state index contributed by atoms with van der Waals surface area (Å²) in [6.07, 6.45) is 2.03. The van der Waals surface area contributed by atoms with E-state index in [4.69, 9.17) is 0 Å². The first-order valence-corrected chi connectivity index (χ1v) is 6.53. The second-order valence-corrected chi connectivity index (χ2v) is 5.67. The lowest BCUT2D eigenvalue weighted by Crippen LogP contribution is -2.43. The fraction of sp³-hybridized carbons (Fsp3) is 0.923. The van der Waals surface area contributed by atoms with Gasteiger partial charge >= 0.3 is 5.97 Å². The molecular formula is C13H26N2O2. The number of aliphatic carboxylic acids is 1. The lowest BCUT2D eigenvalue weighted by molar-refractivity contribution is -0.145. The molecule has 0 aliphatic carbocycles. The van der Waals surface area contributed by atoms with Crippen LogP contribution in [-0.2, 0) is 4.79 Å². The smallest absolute Gasteiger partial charge is 0.308 e. The first-order valence-electron chi connectivity index (χ1n) is 6.53. The molecule has 0 radical (unpaired) electrons. The molecule has 1 unspecified atom stereocenters. The molecule has 1 N–H and O–H groups in total. The van der Waals surface area contributed by atoms with Gasteiger partial charge in [0.05, 0.1) is 5.92 Å². The quantitative estimate of drug-likeness (QED) is 0.791. The van der Waals surface area contributed by atoms with Gasteiger partial charge in [-0.3, -0.25) is 4.79 Å². The summed E-state index contributed by atoms with van der Waals surface area (Å²) in [4.78, 5) is 15.7. The Labute approximate surface area is 105 Å². The molecule has 100 valence electrons. The number of piperidine rings is 1. The van der Waals surface area contributed by atoms with Crippen LogP contribution < -0.4 is 0 Å². The molecule has 0 aromatic carbocycles. The summed E-state index contributed by atoms with van der Waals surface area (Å²) in [5.41, 5.74) is 0. The first-order chi connectivity index (χ1) is 7.91. The van der Waals surface area contributed by atoms with E-state index in [0.717, 1.165) is 25.9 Å². The van der Waals surface area contributed by atoms with E-state index in [1.54, 1.807) is 0 Å². The van der Waals surface area contributed by atoms with Gasteiger partial charge in [0.1, 0.15) is 0 Å². The van der Waals surface area contributed by atoms with Gasteiger partial charge in [0.25, 0.3) is 0 Å². The van der Waals surface area contributed by atoms with E-state index >= 15 is 0 Å². The molecule has 0 aromatic heterocycles. The van der Waals surface area contributed by atoms with Crippen molar-refractivity contribution in [2.75, 3.05) is 33.7 Å². The summed E-state index contributed by atoms with van der Waals surface area (Å²) < 4.78 is 0. The molecule has 1 aliphatic rings. The Morgan fingerprint density at radius 2 is 1.88 bits per heavy atom. The zero-order valence-electron chi connectivity index (χ0n) is 11.5. The van der Waals surface area contributed by atoms with Crippen LogP contribution in [0.4, 0.5) is 0 Å². The number of hydrogen-bond acceptors (Lipinski definition) is 3. The molecule has 1 heterocycles. The molecule has 1 saturated heterocycles. The van der Waals surface area contributed by atoms with Crippen LogP contribution >= 0.6 is 0 Å². The zero-order valence-corrected chi connectivity index (χ0v) is 11.5. The standard InChI is InChI=1S/C13H26N2O2/c1-10(2)15-7-5-11(6-8-15)12(13(16)17)9-14(3)4/h10-12H,5-9H2,1-4H3,(H,16,17). The number of carbonyl (C=O) groups is 1. The number of rotatable bonds is 5. The van der Waals surface area contributed by atoms with Crippen molar-refractivity contribution < 1.29 is 9.90 Å². The molecule has 0 amide bonds. The van der Waals surface area contributed by atoms with Gasteiger partial charge in [-0.15, -0.1) is 0 Å². The van der Waals surface area contributed by atoms with Crippen LogP contribution in [0.15, 0.2) is 0 Å². The Morgan fingerprint density at radius 3 is 2.24 bits per heavy atom. The Balaban J connectivity index is 2.52. The van der Waals surface area contributed by atoms with Gasteiger partial charge in [0.15, 0.2) is 0 Å². The fourth-order valence-corrected chi connectivity index (χ4v) is 2.66. The highest BCUT2D eigenvalue weighted by molar-refractivity contribution is 5.70. The van der Waals surface area contributed by atoms with Crippen LogP contribution in [0.2, 0.25) is 0 Å². The second-order valence-electron chi connectivity index (χ2n) is 5.67. The van der Waals surface area contributed by atoms with Crippen LogP contribution in [0.3, 0.4) is 0 Å².